The summed E-state index contributed by atoms with van der Waals surface area (Å²) in [5, 5.41) is 9.65. The van der Waals surface area contributed by atoms with Gasteiger partial charge in [0.15, 0.2) is 0 Å². The molecule has 0 radical (unpaired) electrons. The van der Waals surface area contributed by atoms with E-state index in [1.165, 1.54) is 23.1 Å². The molecule has 0 heterocycles. The second-order valence-corrected chi connectivity index (χ2v) is 6.46. The van der Waals surface area contributed by atoms with E-state index in [9.17, 15) is 9.90 Å². The zero-order valence-electron chi connectivity index (χ0n) is 11.7. The Kier molecular flexibility index (Phi) is 2.73. The van der Waals surface area contributed by atoms with Gasteiger partial charge in [-0.3, -0.25) is 4.79 Å². The first-order valence-electron chi connectivity index (χ1n) is 7.81. The van der Waals surface area contributed by atoms with Crippen LogP contribution in [0.2, 0.25) is 0 Å². The molecule has 4 rings (SSSR count). The van der Waals surface area contributed by atoms with E-state index in [4.69, 9.17) is 0 Å². The molecule has 0 spiro atoms. The van der Waals surface area contributed by atoms with E-state index in [-0.39, 0.29) is 0 Å². The van der Waals surface area contributed by atoms with E-state index in [0.717, 1.165) is 38.5 Å². The molecule has 3 aliphatic carbocycles. The van der Waals surface area contributed by atoms with Gasteiger partial charge in [0, 0.05) is 12.3 Å². The zero-order valence-corrected chi connectivity index (χ0v) is 11.7. The highest BCUT2D eigenvalue weighted by molar-refractivity contribution is 5.85. The lowest BCUT2D eigenvalue weighted by molar-refractivity contribution is -0.126. The number of fused-ring (bicyclic) bond motifs is 4. The summed E-state index contributed by atoms with van der Waals surface area (Å²) < 4.78 is 0. The van der Waals surface area contributed by atoms with Crippen LogP contribution in [0.15, 0.2) is 23.8 Å². The van der Waals surface area contributed by atoms with Crippen molar-refractivity contribution in [3.8, 4) is 5.75 Å². The summed E-state index contributed by atoms with van der Waals surface area (Å²) in [5.41, 5.74) is 5.67. The van der Waals surface area contributed by atoms with Crippen molar-refractivity contribution >= 4 is 11.4 Å². The van der Waals surface area contributed by atoms with Crippen molar-refractivity contribution in [3.63, 3.8) is 0 Å². The fourth-order valence-corrected chi connectivity index (χ4v) is 4.57. The average molecular weight is 268 g/mol. The maximum atomic E-state index is 12.1. The Hall–Kier alpha value is -1.57. The summed E-state index contributed by atoms with van der Waals surface area (Å²) in [6, 6.07) is 5.79. The summed E-state index contributed by atoms with van der Waals surface area (Å²) in [7, 11) is 0. The van der Waals surface area contributed by atoms with Gasteiger partial charge in [0.25, 0.3) is 0 Å². The van der Waals surface area contributed by atoms with Crippen molar-refractivity contribution in [2.45, 2.75) is 44.9 Å². The van der Waals surface area contributed by atoms with Crippen LogP contribution in [-0.2, 0) is 11.2 Å². The molecule has 1 N–H and O–H groups in total. The molecule has 104 valence electrons. The maximum Gasteiger partial charge on any atom is 0.136 e. The van der Waals surface area contributed by atoms with Crippen LogP contribution in [-0.4, -0.2) is 10.9 Å². The fraction of sp³-hybridized carbons (Fsp3) is 0.500. The number of hydrogen-bond acceptors (Lipinski definition) is 2. The van der Waals surface area contributed by atoms with Crippen LogP contribution >= 0.6 is 0 Å². The zero-order chi connectivity index (χ0) is 13.7. The number of phenols is 1. The first-order valence-corrected chi connectivity index (χ1v) is 7.81. The van der Waals surface area contributed by atoms with Gasteiger partial charge < -0.3 is 5.11 Å². The molecule has 1 fully saturated rings. The molecule has 20 heavy (non-hydrogen) atoms. The van der Waals surface area contributed by atoms with E-state index in [2.05, 4.69) is 6.07 Å². The maximum absolute atomic E-state index is 12.1. The van der Waals surface area contributed by atoms with Crippen LogP contribution in [0.3, 0.4) is 0 Å². The Labute approximate surface area is 119 Å². The quantitative estimate of drug-likeness (QED) is 0.775. The molecular formula is C18H20O2. The molecule has 2 heteroatoms. The highest BCUT2D eigenvalue weighted by atomic mass is 16.3. The Morgan fingerprint density at radius 1 is 1.00 bits per heavy atom. The number of carbonyl (C=O) groups excluding carboxylic acids is 1. The summed E-state index contributed by atoms with van der Waals surface area (Å²) >= 11 is 0. The normalized spacial score (nSPS) is 28.7. The van der Waals surface area contributed by atoms with Gasteiger partial charge in [-0.15, -0.1) is 0 Å². The van der Waals surface area contributed by atoms with Crippen molar-refractivity contribution in [3.05, 3.63) is 34.9 Å². The summed E-state index contributed by atoms with van der Waals surface area (Å²) in [6.45, 7) is 0. The predicted molar refractivity (Wildman–Crippen MR) is 78.4 cm³/mol. The minimum absolute atomic E-state index is 0.307. The molecule has 0 unspecified atom stereocenters. The van der Waals surface area contributed by atoms with E-state index in [1.54, 1.807) is 11.6 Å². The Balaban J connectivity index is 1.79. The van der Waals surface area contributed by atoms with Crippen LogP contribution in [0.4, 0.5) is 0 Å². The van der Waals surface area contributed by atoms with E-state index < -0.39 is 0 Å². The van der Waals surface area contributed by atoms with Crippen molar-refractivity contribution in [2.75, 3.05) is 0 Å². The van der Waals surface area contributed by atoms with Gasteiger partial charge in [-0.05, 0) is 73.3 Å². The van der Waals surface area contributed by atoms with Gasteiger partial charge in [0.1, 0.15) is 11.5 Å². The number of rotatable bonds is 0. The number of benzene rings is 1. The number of hydrogen-bond donors (Lipinski definition) is 1. The van der Waals surface area contributed by atoms with Gasteiger partial charge >= 0.3 is 0 Å². The van der Waals surface area contributed by atoms with Gasteiger partial charge in [0.2, 0.25) is 0 Å². The first kappa shape index (κ1) is 12.2. The van der Waals surface area contributed by atoms with Crippen molar-refractivity contribution < 1.29 is 9.90 Å². The topological polar surface area (TPSA) is 37.3 Å². The minimum atomic E-state index is 0.307. The lowest BCUT2D eigenvalue weighted by Gasteiger charge is -2.40. The summed E-state index contributed by atoms with van der Waals surface area (Å²) in [5.74, 6) is 1.70. The lowest BCUT2D eigenvalue weighted by Crippen LogP contribution is -2.34. The van der Waals surface area contributed by atoms with Crippen LogP contribution < -0.4 is 0 Å². The molecule has 0 bridgehead atoms. The SMILES string of the molecule is O=C1CCC[C@@H]2C3=C(CC[C@H]12)c1ccc(O)cc1CC3. The van der Waals surface area contributed by atoms with Crippen molar-refractivity contribution in [1.29, 1.82) is 0 Å². The number of carbonyl (C=O) groups is 1. The van der Waals surface area contributed by atoms with E-state index in [0.29, 0.717) is 23.4 Å². The number of aromatic hydroxyl groups is 1. The third kappa shape index (κ3) is 1.74. The minimum Gasteiger partial charge on any atom is -0.508 e. The molecule has 0 aromatic heterocycles. The predicted octanol–water partition coefficient (Wildman–Crippen LogP) is 3.87. The average Bonchev–Trinajstić information content (AvgIpc) is 2.46. The first-order chi connectivity index (χ1) is 9.74. The third-order valence-electron chi connectivity index (χ3n) is 5.46. The Bertz CT molecular complexity index is 612. The standard InChI is InChI=1S/C18H20O2/c19-12-5-7-13-11(10-12)4-6-16-14-2-1-3-18(20)17(14)9-8-15(13)16/h5,7,10,14,17,19H,1-4,6,8-9H2/t14-,17+/m1/s1. The molecule has 3 aliphatic rings. The molecule has 0 amide bonds. The van der Waals surface area contributed by atoms with Gasteiger partial charge in [-0.25, -0.2) is 0 Å². The number of Topliss-reactive ketones (excluding diaryl/α,β-unsaturated/α-hetero) is 1. The Morgan fingerprint density at radius 2 is 1.90 bits per heavy atom. The van der Waals surface area contributed by atoms with Gasteiger partial charge in [0.05, 0.1) is 0 Å². The Morgan fingerprint density at radius 3 is 2.80 bits per heavy atom. The molecule has 1 saturated carbocycles. The monoisotopic (exact) mass is 268 g/mol. The largest absolute Gasteiger partial charge is 0.508 e. The number of aryl methyl sites for hydroxylation is 1. The van der Waals surface area contributed by atoms with Crippen molar-refractivity contribution in [2.24, 2.45) is 11.8 Å². The van der Waals surface area contributed by atoms with E-state index >= 15 is 0 Å². The molecular weight excluding hydrogens is 248 g/mol. The van der Waals surface area contributed by atoms with Gasteiger partial charge in [-0.2, -0.15) is 0 Å². The summed E-state index contributed by atoms with van der Waals surface area (Å²) in [6.07, 6.45) is 7.24. The van der Waals surface area contributed by atoms with Crippen LogP contribution in [0.25, 0.3) is 5.57 Å². The fourth-order valence-electron chi connectivity index (χ4n) is 4.57. The van der Waals surface area contributed by atoms with E-state index in [1.807, 2.05) is 6.07 Å². The third-order valence-corrected chi connectivity index (χ3v) is 5.46. The van der Waals surface area contributed by atoms with Crippen LogP contribution in [0, 0.1) is 11.8 Å². The highest BCUT2D eigenvalue weighted by Gasteiger charge is 2.39. The lowest BCUT2D eigenvalue weighted by atomic mass is 9.63. The second-order valence-electron chi connectivity index (χ2n) is 6.46. The molecule has 1 aromatic carbocycles. The number of ketones is 1. The number of allylic oxidation sites excluding steroid dienone is 2. The van der Waals surface area contributed by atoms with Crippen LogP contribution in [0.5, 0.6) is 5.75 Å². The molecule has 0 aliphatic heterocycles. The van der Waals surface area contributed by atoms with Crippen LogP contribution in [0.1, 0.15) is 49.7 Å². The molecule has 1 aromatic rings. The second kappa shape index (κ2) is 4.47. The van der Waals surface area contributed by atoms with Crippen molar-refractivity contribution in [1.82, 2.24) is 0 Å². The molecule has 0 saturated heterocycles. The van der Waals surface area contributed by atoms with Gasteiger partial charge in [-0.1, -0.05) is 11.6 Å². The molecule has 2 nitrogen and oxygen atoms in total. The number of phenolic OH excluding ortho intramolecular Hbond substituents is 1. The molecule has 2 atom stereocenters. The smallest absolute Gasteiger partial charge is 0.136 e. The summed E-state index contributed by atoms with van der Waals surface area (Å²) in [4.78, 5) is 12.1. The highest BCUT2D eigenvalue weighted by Crippen LogP contribution is 2.49.